The average Bonchev–Trinajstić information content (AvgIpc) is 2.91. The molecule has 119 valence electrons. The molecule has 3 heteroatoms. The van der Waals surface area contributed by atoms with Crippen molar-refractivity contribution in [2.24, 2.45) is 0 Å². The van der Waals surface area contributed by atoms with Crippen LogP contribution < -0.4 is 5.32 Å². The SMILES string of the molecule is [CH2]CCCCNC(=O)OCC1c2ccccc2-c2ccccc21. The third kappa shape index (κ3) is 3.39. The van der Waals surface area contributed by atoms with E-state index in [2.05, 4.69) is 36.5 Å². The molecule has 0 atom stereocenters. The van der Waals surface area contributed by atoms with Crippen LogP contribution in [0.25, 0.3) is 11.1 Å². The summed E-state index contributed by atoms with van der Waals surface area (Å²) in [6, 6.07) is 16.7. The van der Waals surface area contributed by atoms with E-state index in [-0.39, 0.29) is 12.0 Å². The van der Waals surface area contributed by atoms with Crippen molar-refractivity contribution in [2.75, 3.05) is 13.2 Å². The zero-order valence-corrected chi connectivity index (χ0v) is 13.3. The Bertz CT molecular complexity index is 635. The molecule has 0 saturated carbocycles. The molecule has 23 heavy (non-hydrogen) atoms. The number of unbranched alkanes of at least 4 members (excludes halogenated alkanes) is 2. The number of carbonyl (C=O) groups is 1. The van der Waals surface area contributed by atoms with Crippen LogP contribution in [0.3, 0.4) is 0 Å². The topological polar surface area (TPSA) is 38.3 Å². The Morgan fingerprint density at radius 1 is 1.00 bits per heavy atom. The van der Waals surface area contributed by atoms with Gasteiger partial charge in [0.2, 0.25) is 0 Å². The summed E-state index contributed by atoms with van der Waals surface area (Å²) in [4.78, 5) is 11.8. The standard InChI is InChI=1S/C20H22NO2/c1-2-3-8-13-21-20(22)23-14-19-17-11-6-4-9-15(17)16-10-5-7-12-18(16)19/h4-7,9-12,19H,1-3,8,13-14H2,(H,21,22). The Labute approximate surface area is 137 Å². The number of ether oxygens (including phenoxy) is 1. The summed E-state index contributed by atoms with van der Waals surface area (Å²) < 4.78 is 5.45. The first-order valence-electron chi connectivity index (χ1n) is 8.19. The summed E-state index contributed by atoms with van der Waals surface area (Å²) in [5, 5.41) is 2.80. The number of benzene rings is 2. The quantitative estimate of drug-likeness (QED) is 0.796. The van der Waals surface area contributed by atoms with Gasteiger partial charge < -0.3 is 10.1 Å². The van der Waals surface area contributed by atoms with Gasteiger partial charge in [-0.3, -0.25) is 0 Å². The molecular formula is C20H22NO2. The van der Waals surface area contributed by atoms with E-state index in [4.69, 9.17) is 4.74 Å². The largest absolute Gasteiger partial charge is 0.449 e. The summed E-state index contributed by atoms with van der Waals surface area (Å²) in [6.07, 6.45) is 2.51. The molecule has 1 radical (unpaired) electrons. The van der Waals surface area contributed by atoms with E-state index in [1.54, 1.807) is 0 Å². The van der Waals surface area contributed by atoms with Crippen LogP contribution in [0.5, 0.6) is 0 Å². The number of hydrogen-bond acceptors (Lipinski definition) is 2. The first kappa shape index (κ1) is 15.6. The fourth-order valence-corrected chi connectivity index (χ4v) is 3.14. The van der Waals surface area contributed by atoms with Crippen molar-refractivity contribution in [3.05, 3.63) is 66.6 Å². The minimum atomic E-state index is -0.337. The Hall–Kier alpha value is -2.29. The molecule has 0 saturated heterocycles. The number of fused-ring (bicyclic) bond motifs is 3. The molecule has 0 spiro atoms. The van der Waals surface area contributed by atoms with Crippen LogP contribution in [0.4, 0.5) is 4.79 Å². The van der Waals surface area contributed by atoms with Gasteiger partial charge in [0, 0.05) is 12.5 Å². The number of carbonyl (C=O) groups excluding carboxylic acids is 1. The summed E-state index contributed by atoms with van der Waals surface area (Å²) in [7, 11) is 0. The number of hydrogen-bond donors (Lipinski definition) is 1. The lowest BCUT2D eigenvalue weighted by molar-refractivity contribution is 0.143. The lowest BCUT2D eigenvalue weighted by Crippen LogP contribution is -2.26. The second-order valence-corrected chi connectivity index (χ2v) is 5.81. The first-order valence-corrected chi connectivity index (χ1v) is 8.19. The van der Waals surface area contributed by atoms with Gasteiger partial charge in [0.05, 0.1) is 0 Å². The summed E-state index contributed by atoms with van der Waals surface area (Å²) >= 11 is 0. The predicted molar refractivity (Wildman–Crippen MR) is 92.3 cm³/mol. The monoisotopic (exact) mass is 308 g/mol. The number of rotatable bonds is 6. The van der Waals surface area contributed by atoms with Crippen molar-refractivity contribution in [2.45, 2.75) is 25.2 Å². The van der Waals surface area contributed by atoms with Crippen molar-refractivity contribution >= 4 is 6.09 Å². The van der Waals surface area contributed by atoms with Crippen molar-refractivity contribution in [1.29, 1.82) is 0 Å². The molecule has 0 aromatic heterocycles. The smallest absolute Gasteiger partial charge is 0.407 e. The van der Waals surface area contributed by atoms with Gasteiger partial charge in [-0.1, -0.05) is 68.3 Å². The summed E-state index contributed by atoms with van der Waals surface area (Å²) in [6.45, 7) is 4.80. The first-order chi connectivity index (χ1) is 11.3. The van der Waals surface area contributed by atoms with Gasteiger partial charge in [-0.05, 0) is 28.7 Å². The zero-order chi connectivity index (χ0) is 16.1. The van der Waals surface area contributed by atoms with Gasteiger partial charge in [-0.15, -0.1) is 0 Å². The van der Waals surface area contributed by atoms with Crippen LogP contribution >= 0.6 is 0 Å². The Morgan fingerprint density at radius 3 is 2.22 bits per heavy atom. The van der Waals surface area contributed by atoms with E-state index in [0.717, 1.165) is 19.3 Å². The molecule has 3 rings (SSSR count). The summed E-state index contributed by atoms with van der Waals surface area (Å²) in [5.74, 6) is 0.119. The van der Waals surface area contributed by atoms with Crippen molar-refractivity contribution < 1.29 is 9.53 Å². The normalized spacial score (nSPS) is 12.6. The molecule has 0 bridgehead atoms. The third-order valence-electron chi connectivity index (χ3n) is 4.29. The fraction of sp³-hybridized carbons (Fsp3) is 0.300. The van der Waals surface area contributed by atoms with E-state index in [0.29, 0.717) is 13.2 Å². The Morgan fingerprint density at radius 2 is 1.61 bits per heavy atom. The fourth-order valence-electron chi connectivity index (χ4n) is 3.14. The van der Waals surface area contributed by atoms with Gasteiger partial charge in [-0.25, -0.2) is 4.79 Å². The molecule has 0 unspecified atom stereocenters. The maximum Gasteiger partial charge on any atom is 0.407 e. The van der Waals surface area contributed by atoms with Crippen LogP contribution in [0.1, 0.15) is 36.3 Å². The molecule has 1 N–H and O–H groups in total. The zero-order valence-electron chi connectivity index (χ0n) is 13.3. The van der Waals surface area contributed by atoms with Crippen LogP contribution in [0, 0.1) is 6.92 Å². The molecule has 1 aliphatic carbocycles. The van der Waals surface area contributed by atoms with Crippen LogP contribution in [-0.4, -0.2) is 19.2 Å². The summed E-state index contributed by atoms with van der Waals surface area (Å²) in [5.41, 5.74) is 4.96. The molecule has 0 fully saturated rings. The Kier molecular flexibility index (Phi) is 4.96. The van der Waals surface area contributed by atoms with Gasteiger partial charge in [-0.2, -0.15) is 0 Å². The lowest BCUT2D eigenvalue weighted by Gasteiger charge is -2.14. The van der Waals surface area contributed by atoms with Crippen LogP contribution in [-0.2, 0) is 4.74 Å². The van der Waals surface area contributed by atoms with E-state index in [1.807, 2.05) is 24.3 Å². The van der Waals surface area contributed by atoms with Crippen LogP contribution in [0.2, 0.25) is 0 Å². The number of nitrogens with one attached hydrogen (secondary N) is 1. The molecule has 1 aliphatic rings. The number of alkyl carbamates (subject to hydrolysis) is 1. The van der Waals surface area contributed by atoms with Crippen molar-refractivity contribution in [1.82, 2.24) is 5.32 Å². The molecule has 0 heterocycles. The van der Waals surface area contributed by atoms with Gasteiger partial charge >= 0.3 is 6.09 Å². The molecule has 3 nitrogen and oxygen atoms in total. The van der Waals surface area contributed by atoms with Crippen molar-refractivity contribution in [3.8, 4) is 11.1 Å². The Balaban J connectivity index is 1.65. The highest BCUT2D eigenvalue weighted by molar-refractivity contribution is 5.79. The van der Waals surface area contributed by atoms with Gasteiger partial charge in [0.1, 0.15) is 6.61 Å². The van der Waals surface area contributed by atoms with E-state index in [1.165, 1.54) is 22.3 Å². The highest BCUT2D eigenvalue weighted by Gasteiger charge is 2.28. The van der Waals surface area contributed by atoms with Gasteiger partial charge in [0.25, 0.3) is 0 Å². The molecule has 1 amide bonds. The van der Waals surface area contributed by atoms with E-state index >= 15 is 0 Å². The molecule has 0 aliphatic heterocycles. The molecule has 2 aromatic rings. The van der Waals surface area contributed by atoms with E-state index < -0.39 is 0 Å². The lowest BCUT2D eigenvalue weighted by atomic mass is 9.98. The second-order valence-electron chi connectivity index (χ2n) is 5.81. The highest BCUT2D eigenvalue weighted by Crippen LogP contribution is 2.44. The predicted octanol–water partition coefficient (Wildman–Crippen LogP) is 4.53. The second kappa shape index (κ2) is 7.32. The minimum absolute atomic E-state index is 0.119. The average molecular weight is 308 g/mol. The van der Waals surface area contributed by atoms with Crippen molar-refractivity contribution in [3.63, 3.8) is 0 Å². The van der Waals surface area contributed by atoms with Gasteiger partial charge in [0.15, 0.2) is 0 Å². The third-order valence-corrected chi connectivity index (χ3v) is 4.29. The number of amides is 1. The minimum Gasteiger partial charge on any atom is -0.449 e. The highest BCUT2D eigenvalue weighted by atomic mass is 16.5. The maximum atomic E-state index is 11.8. The van der Waals surface area contributed by atoms with Crippen LogP contribution in [0.15, 0.2) is 48.5 Å². The molecule has 2 aromatic carbocycles. The maximum absolute atomic E-state index is 11.8. The van der Waals surface area contributed by atoms with E-state index in [9.17, 15) is 4.79 Å². The molecular weight excluding hydrogens is 286 g/mol.